The summed E-state index contributed by atoms with van der Waals surface area (Å²) in [4.78, 5) is 14.5. The number of piperidine rings is 1. The minimum absolute atomic E-state index is 0. The molecule has 0 aromatic carbocycles. The van der Waals surface area contributed by atoms with Crippen molar-refractivity contribution in [3.05, 3.63) is 42.6 Å². The number of anilines is 1. The van der Waals surface area contributed by atoms with Crippen molar-refractivity contribution >= 4 is 35.8 Å². The normalized spacial score (nSPS) is 19.9. The van der Waals surface area contributed by atoms with E-state index in [2.05, 4.69) is 42.0 Å². The van der Waals surface area contributed by atoms with Crippen LogP contribution in [0.4, 0.5) is 19.0 Å². The van der Waals surface area contributed by atoms with Gasteiger partial charge in [0.15, 0.2) is 5.96 Å². The fourth-order valence-corrected chi connectivity index (χ4v) is 3.56. The third-order valence-electron chi connectivity index (χ3n) is 5.15. The Labute approximate surface area is 191 Å². The van der Waals surface area contributed by atoms with Crippen molar-refractivity contribution in [1.29, 1.82) is 0 Å². The zero-order valence-corrected chi connectivity index (χ0v) is 19.3. The summed E-state index contributed by atoms with van der Waals surface area (Å²) in [6.45, 7) is 4.60. The van der Waals surface area contributed by atoms with Gasteiger partial charge in [0.05, 0.1) is 17.9 Å². The highest BCUT2D eigenvalue weighted by Gasteiger charge is 2.34. The molecule has 2 aromatic heterocycles. The molecular weight excluding hydrogens is 510 g/mol. The SMILES string of the molecule is CN=C(NCCNc1ncccc1C(F)(F)F)N1CCC(C)C(n2ccnc2)C1.I. The molecule has 7 nitrogen and oxygen atoms in total. The Balaban J connectivity index is 0.00000320. The molecule has 3 heterocycles. The van der Waals surface area contributed by atoms with E-state index in [0.29, 0.717) is 18.5 Å². The first-order valence-corrected chi connectivity index (χ1v) is 9.59. The predicted octanol–water partition coefficient (Wildman–Crippen LogP) is 3.49. The van der Waals surface area contributed by atoms with E-state index in [4.69, 9.17) is 0 Å². The number of rotatable bonds is 5. The van der Waals surface area contributed by atoms with E-state index >= 15 is 0 Å². The van der Waals surface area contributed by atoms with Gasteiger partial charge in [-0.2, -0.15) is 13.2 Å². The Morgan fingerprint density at radius 2 is 2.10 bits per heavy atom. The van der Waals surface area contributed by atoms with Crippen LogP contribution in [0.5, 0.6) is 0 Å². The molecule has 11 heteroatoms. The number of halogens is 4. The standard InChI is InChI=1S/C19H26F3N7.HI/c1-14-5-10-28(12-16(14)29-11-9-24-13-29)18(23-2)27-8-7-26-17-15(19(20,21)22)4-3-6-25-17;/h3-4,6,9,11,13-14,16H,5,7-8,10,12H2,1-2H3,(H,23,27)(H,25,26);1H. The van der Waals surface area contributed by atoms with Gasteiger partial charge in [-0.25, -0.2) is 9.97 Å². The van der Waals surface area contributed by atoms with E-state index in [1.54, 1.807) is 13.2 Å². The van der Waals surface area contributed by atoms with Crippen molar-refractivity contribution < 1.29 is 13.2 Å². The summed E-state index contributed by atoms with van der Waals surface area (Å²) in [5, 5.41) is 5.99. The molecule has 2 atom stereocenters. The number of alkyl halides is 3. The second-order valence-corrected chi connectivity index (χ2v) is 7.09. The molecule has 1 aliphatic rings. The molecule has 1 saturated heterocycles. The Morgan fingerprint density at radius 1 is 1.30 bits per heavy atom. The quantitative estimate of drug-likeness (QED) is 0.265. The maximum absolute atomic E-state index is 13.0. The highest BCUT2D eigenvalue weighted by atomic mass is 127. The van der Waals surface area contributed by atoms with Gasteiger partial charge in [0.1, 0.15) is 5.82 Å². The average molecular weight is 537 g/mol. The largest absolute Gasteiger partial charge is 0.419 e. The van der Waals surface area contributed by atoms with Gasteiger partial charge in [-0.05, 0) is 24.5 Å². The van der Waals surface area contributed by atoms with Crippen LogP contribution in [-0.4, -0.2) is 58.6 Å². The zero-order valence-electron chi connectivity index (χ0n) is 16.9. The second kappa shape index (κ2) is 10.8. The molecular formula is C19H27F3IN7. The van der Waals surface area contributed by atoms with Crippen molar-refractivity contribution in [2.45, 2.75) is 25.6 Å². The highest BCUT2D eigenvalue weighted by Crippen LogP contribution is 2.33. The van der Waals surface area contributed by atoms with Crippen LogP contribution in [0.3, 0.4) is 0 Å². The number of imidazole rings is 1. The van der Waals surface area contributed by atoms with Crippen LogP contribution in [0.25, 0.3) is 0 Å². The van der Waals surface area contributed by atoms with Gasteiger partial charge in [0.25, 0.3) is 0 Å². The first kappa shape index (κ1) is 24.2. The Hall–Kier alpha value is -2.05. The van der Waals surface area contributed by atoms with E-state index in [1.807, 2.05) is 12.5 Å². The summed E-state index contributed by atoms with van der Waals surface area (Å²) in [6, 6.07) is 2.60. The highest BCUT2D eigenvalue weighted by molar-refractivity contribution is 14.0. The van der Waals surface area contributed by atoms with Gasteiger partial charge in [-0.15, -0.1) is 24.0 Å². The molecule has 166 valence electrons. The van der Waals surface area contributed by atoms with Gasteiger partial charge in [-0.3, -0.25) is 4.99 Å². The van der Waals surface area contributed by atoms with Crippen LogP contribution in [0.15, 0.2) is 42.0 Å². The maximum Gasteiger partial charge on any atom is 0.419 e. The van der Waals surface area contributed by atoms with Crippen molar-refractivity contribution in [3.63, 3.8) is 0 Å². The summed E-state index contributed by atoms with van der Waals surface area (Å²) < 4.78 is 41.2. The van der Waals surface area contributed by atoms with Gasteiger partial charge in [-0.1, -0.05) is 6.92 Å². The van der Waals surface area contributed by atoms with Gasteiger partial charge >= 0.3 is 6.18 Å². The van der Waals surface area contributed by atoms with E-state index in [-0.39, 0.29) is 36.3 Å². The lowest BCUT2D eigenvalue weighted by Gasteiger charge is -2.39. The molecule has 0 radical (unpaired) electrons. The fourth-order valence-electron chi connectivity index (χ4n) is 3.56. The van der Waals surface area contributed by atoms with E-state index in [0.717, 1.165) is 31.5 Å². The third kappa shape index (κ3) is 5.99. The molecule has 3 rings (SSSR count). The number of nitrogens with zero attached hydrogens (tertiary/aromatic N) is 5. The lowest BCUT2D eigenvalue weighted by atomic mass is 9.93. The average Bonchev–Trinajstić information content (AvgIpc) is 3.23. The minimum atomic E-state index is -4.44. The number of hydrogen-bond acceptors (Lipinski definition) is 4. The second-order valence-electron chi connectivity index (χ2n) is 7.09. The molecule has 1 fully saturated rings. The lowest BCUT2D eigenvalue weighted by molar-refractivity contribution is -0.137. The third-order valence-corrected chi connectivity index (χ3v) is 5.15. The van der Waals surface area contributed by atoms with E-state index in [1.165, 1.54) is 12.3 Å². The van der Waals surface area contributed by atoms with Crippen LogP contribution in [0.1, 0.15) is 24.9 Å². The van der Waals surface area contributed by atoms with E-state index < -0.39 is 11.7 Å². The fraction of sp³-hybridized carbons (Fsp3) is 0.526. The zero-order chi connectivity index (χ0) is 20.9. The van der Waals surface area contributed by atoms with Crippen molar-refractivity contribution in [3.8, 4) is 0 Å². The molecule has 2 unspecified atom stereocenters. The monoisotopic (exact) mass is 537 g/mol. The number of nitrogens with one attached hydrogen (secondary N) is 2. The number of pyridine rings is 1. The molecule has 2 aromatic rings. The molecule has 0 amide bonds. The van der Waals surface area contributed by atoms with E-state index in [9.17, 15) is 13.2 Å². The topological polar surface area (TPSA) is 70.4 Å². The Morgan fingerprint density at radius 3 is 2.77 bits per heavy atom. The van der Waals surface area contributed by atoms with Gasteiger partial charge in [0, 0.05) is 51.8 Å². The number of hydrogen-bond donors (Lipinski definition) is 2. The van der Waals surface area contributed by atoms with Crippen molar-refractivity contribution in [2.24, 2.45) is 10.9 Å². The minimum Gasteiger partial charge on any atom is -0.368 e. The summed E-state index contributed by atoms with van der Waals surface area (Å²) in [7, 11) is 1.71. The number of aromatic nitrogens is 3. The Bertz CT molecular complexity index is 811. The Kier molecular flexibility index (Phi) is 8.74. The first-order valence-electron chi connectivity index (χ1n) is 9.59. The molecule has 0 bridgehead atoms. The number of guanidine groups is 1. The predicted molar refractivity (Wildman–Crippen MR) is 121 cm³/mol. The number of aliphatic imine (C=N–C) groups is 1. The van der Waals surface area contributed by atoms with Crippen LogP contribution in [0.2, 0.25) is 0 Å². The molecule has 0 saturated carbocycles. The van der Waals surface area contributed by atoms with Crippen molar-refractivity contribution in [1.82, 2.24) is 24.8 Å². The lowest BCUT2D eigenvalue weighted by Crippen LogP contribution is -2.49. The molecule has 1 aliphatic heterocycles. The molecule has 0 spiro atoms. The van der Waals surface area contributed by atoms with Gasteiger partial charge in [0.2, 0.25) is 0 Å². The molecule has 30 heavy (non-hydrogen) atoms. The van der Waals surface area contributed by atoms with Crippen LogP contribution >= 0.6 is 24.0 Å². The number of likely N-dealkylation sites (tertiary alicyclic amines) is 1. The van der Waals surface area contributed by atoms with Crippen LogP contribution in [-0.2, 0) is 6.18 Å². The molecule has 0 aliphatic carbocycles. The van der Waals surface area contributed by atoms with Crippen molar-refractivity contribution in [2.75, 3.05) is 38.5 Å². The maximum atomic E-state index is 13.0. The van der Waals surface area contributed by atoms with Crippen LogP contribution < -0.4 is 10.6 Å². The molecule has 2 N–H and O–H groups in total. The summed E-state index contributed by atoms with van der Waals surface area (Å²) >= 11 is 0. The summed E-state index contributed by atoms with van der Waals surface area (Å²) in [5.74, 6) is 1.09. The summed E-state index contributed by atoms with van der Waals surface area (Å²) in [5.41, 5.74) is -0.766. The summed E-state index contributed by atoms with van der Waals surface area (Å²) in [6.07, 6.45) is 3.50. The smallest absolute Gasteiger partial charge is 0.368 e. The van der Waals surface area contributed by atoms with Crippen LogP contribution in [0, 0.1) is 5.92 Å². The first-order chi connectivity index (χ1) is 13.9. The van der Waals surface area contributed by atoms with Gasteiger partial charge < -0.3 is 20.1 Å².